The van der Waals surface area contributed by atoms with Crippen molar-refractivity contribution in [2.75, 3.05) is 13.1 Å². The number of hydrogen-bond donors (Lipinski definition) is 1. The lowest BCUT2D eigenvalue weighted by molar-refractivity contribution is -0.130. The van der Waals surface area contributed by atoms with E-state index >= 15 is 0 Å². The van der Waals surface area contributed by atoms with Crippen molar-refractivity contribution in [1.82, 2.24) is 9.62 Å². The van der Waals surface area contributed by atoms with Gasteiger partial charge in [0.15, 0.2) is 0 Å². The molecule has 19 heavy (non-hydrogen) atoms. The Morgan fingerprint density at radius 1 is 1.42 bits per heavy atom. The smallest absolute Gasteiger partial charge is 0.250 e. The summed E-state index contributed by atoms with van der Waals surface area (Å²) < 4.78 is 26.8. The second kappa shape index (κ2) is 6.49. The molecule has 0 aliphatic heterocycles. The van der Waals surface area contributed by atoms with Gasteiger partial charge in [-0.05, 0) is 32.9 Å². The zero-order valence-electron chi connectivity index (χ0n) is 11.6. The minimum atomic E-state index is -3.46. The summed E-state index contributed by atoms with van der Waals surface area (Å²) in [7, 11) is -3.46. The predicted octanol–water partition coefficient (Wildman–Crippen LogP) is 1.59. The van der Waals surface area contributed by atoms with Crippen LogP contribution < -0.4 is 4.72 Å². The van der Waals surface area contributed by atoms with Crippen LogP contribution in [-0.4, -0.2) is 38.4 Å². The van der Waals surface area contributed by atoms with Gasteiger partial charge in [0.25, 0.3) is 0 Å². The fraction of sp³-hybridized carbons (Fsp3) is 0.583. The minimum Gasteiger partial charge on any atom is -0.339 e. The first-order valence-corrected chi connectivity index (χ1v) is 8.37. The molecule has 0 saturated heterocycles. The van der Waals surface area contributed by atoms with Crippen LogP contribution >= 0.6 is 11.3 Å². The van der Waals surface area contributed by atoms with Crippen LogP contribution in [-0.2, 0) is 14.8 Å². The first kappa shape index (κ1) is 16.1. The molecule has 0 unspecified atom stereocenters. The molecule has 0 atom stereocenters. The van der Waals surface area contributed by atoms with Gasteiger partial charge in [-0.3, -0.25) is 4.79 Å². The average Bonchev–Trinajstić information content (AvgIpc) is 2.71. The molecule has 0 saturated carbocycles. The van der Waals surface area contributed by atoms with E-state index in [1.54, 1.807) is 17.0 Å². The van der Waals surface area contributed by atoms with E-state index in [9.17, 15) is 13.2 Å². The molecule has 7 heteroatoms. The van der Waals surface area contributed by atoms with Crippen molar-refractivity contribution >= 4 is 27.3 Å². The van der Waals surface area contributed by atoms with E-state index < -0.39 is 10.0 Å². The summed E-state index contributed by atoms with van der Waals surface area (Å²) in [5.74, 6) is -0.0545. The summed E-state index contributed by atoms with van der Waals surface area (Å²) in [4.78, 5) is 13.9. The maximum atomic E-state index is 12.0. The highest BCUT2D eigenvalue weighted by Gasteiger charge is 2.17. The summed E-state index contributed by atoms with van der Waals surface area (Å²) in [5.41, 5.74) is 0. The van der Waals surface area contributed by atoms with Crippen LogP contribution in [0, 0.1) is 6.92 Å². The van der Waals surface area contributed by atoms with Crippen LogP contribution in [0.15, 0.2) is 16.3 Å². The van der Waals surface area contributed by atoms with Gasteiger partial charge in [-0.15, -0.1) is 11.3 Å². The summed E-state index contributed by atoms with van der Waals surface area (Å²) in [6, 6.07) is 3.42. The van der Waals surface area contributed by atoms with Gasteiger partial charge >= 0.3 is 0 Å². The normalized spacial score (nSPS) is 11.8. The number of nitrogens with zero attached hydrogens (tertiary/aromatic N) is 1. The largest absolute Gasteiger partial charge is 0.339 e. The van der Waals surface area contributed by atoms with Crippen molar-refractivity contribution in [3.05, 3.63) is 17.0 Å². The number of thiophene rings is 1. The topological polar surface area (TPSA) is 66.5 Å². The minimum absolute atomic E-state index is 0.0545. The molecule has 1 amide bonds. The molecule has 0 fully saturated rings. The fourth-order valence-electron chi connectivity index (χ4n) is 1.71. The van der Waals surface area contributed by atoms with Crippen molar-refractivity contribution in [2.24, 2.45) is 0 Å². The lowest BCUT2D eigenvalue weighted by Crippen LogP contribution is -2.41. The van der Waals surface area contributed by atoms with Crippen LogP contribution in [0.3, 0.4) is 0 Å². The Morgan fingerprint density at radius 2 is 2.05 bits per heavy atom. The van der Waals surface area contributed by atoms with Crippen molar-refractivity contribution < 1.29 is 13.2 Å². The Bertz CT molecular complexity index is 535. The van der Waals surface area contributed by atoms with Gasteiger partial charge in [0, 0.05) is 30.9 Å². The molecule has 1 heterocycles. The van der Waals surface area contributed by atoms with Crippen LogP contribution in [0.2, 0.25) is 0 Å². The number of rotatable bonds is 6. The van der Waals surface area contributed by atoms with E-state index in [0.717, 1.165) is 4.88 Å². The molecule has 0 aliphatic carbocycles. The molecule has 1 aromatic rings. The Balaban J connectivity index is 2.59. The van der Waals surface area contributed by atoms with E-state index in [1.807, 2.05) is 20.8 Å². The quantitative estimate of drug-likeness (QED) is 0.868. The number of amides is 1. The van der Waals surface area contributed by atoms with Gasteiger partial charge in [-0.2, -0.15) is 0 Å². The molecular formula is C12H20N2O3S2. The Labute approximate surface area is 118 Å². The number of hydrogen-bond acceptors (Lipinski definition) is 4. The number of carbonyl (C=O) groups is 1. The van der Waals surface area contributed by atoms with Crippen LogP contribution in [0.25, 0.3) is 0 Å². The second-order valence-electron chi connectivity index (χ2n) is 4.57. The lowest BCUT2D eigenvalue weighted by atomic mass is 10.3. The third-order valence-corrected chi connectivity index (χ3v) is 5.61. The van der Waals surface area contributed by atoms with Crippen LogP contribution in [0.4, 0.5) is 0 Å². The number of aryl methyl sites for hydroxylation is 1. The van der Waals surface area contributed by atoms with E-state index in [2.05, 4.69) is 4.72 Å². The summed E-state index contributed by atoms with van der Waals surface area (Å²) in [5, 5.41) is 0. The first-order valence-electron chi connectivity index (χ1n) is 6.07. The molecule has 0 aromatic carbocycles. The van der Waals surface area contributed by atoms with Crippen molar-refractivity contribution in [2.45, 2.75) is 37.9 Å². The summed E-state index contributed by atoms with van der Waals surface area (Å²) in [6.45, 7) is 7.74. The Hall–Kier alpha value is -0.920. The van der Waals surface area contributed by atoms with Crippen molar-refractivity contribution in [3.63, 3.8) is 0 Å². The molecule has 0 bridgehead atoms. The number of sulfonamides is 1. The van der Waals surface area contributed by atoms with Gasteiger partial charge in [-0.1, -0.05) is 0 Å². The Morgan fingerprint density at radius 3 is 2.47 bits per heavy atom. The van der Waals surface area contributed by atoms with Crippen molar-refractivity contribution in [3.8, 4) is 0 Å². The van der Waals surface area contributed by atoms with Gasteiger partial charge in [-0.25, -0.2) is 13.1 Å². The number of carbonyl (C=O) groups excluding carboxylic acids is 1. The molecule has 108 valence electrons. The predicted molar refractivity (Wildman–Crippen MR) is 76.8 cm³/mol. The highest BCUT2D eigenvalue weighted by molar-refractivity contribution is 7.91. The van der Waals surface area contributed by atoms with Crippen molar-refractivity contribution in [1.29, 1.82) is 0 Å². The van der Waals surface area contributed by atoms with E-state index in [-0.39, 0.29) is 18.5 Å². The average molecular weight is 304 g/mol. The molecule has 0 radical (unpaired) electrons. The molecule has 5 nitrogen and oxygen atoms in total. The summed E-state index contributed by atoms with van der Waals surface area (Å²) in [6.07, 6.45) is 0. The molecule has 0 spiro atoms. The Kier molecular flexibility index (Phi) is 5.51. The maximum Gasteiger partial charge on any atom is 0.250 e. The van der Waals surface area contributed by atoms with Gasteiger partial charge < -0.3 is 4.90 Å². The van der Waals surface area contributed by atoms with Gasteiger partial charge in [0.2, 0.25) is 15.9 Å². The fourth-order valence-corrected chi connectivity index (χ4v) is 4.06. The van der Waals surface area contributed by atoms with E-state index in [0.29, 0.717) is 10.8 Å². The molecule has 0 aliphatic rings. The molecule has 1 rings (SSSR count). The third kappa shape index (κ3) is 4.59. The van der Waals surface area contributed by atoms with Crippen LogP contribution in [0.5, 0.6) is 0 Å². The van der Waals surface area contributed by atoms with Gasteiger partial charge in [0.05, 0.1) is 0 Å². The molecular weight excluding hydrogens is 284 g/mol. The zero-order chi connectivity index (χ0) is 14.6. The second-order valence-corrected chi connectivity index (χ2v) is 7.85. The maximum absolute atomic E-state index is 12.0. The van der Waals surface area contributed by atoms with Crippen LogP contribution in [0.1, 0.15) is 25.6 Å². The summed E-state index contributed by atoms with van der Waals surface area (Å²) >= 11 is 1.24. The molecule has 1 aromatic heterocycles. The standard InChI is InChI=1S/C12H20N2O3S2/c1-9(2)14(11(4)15)8-7-13-19(16,17)12-6-5-10(3)18-12/h5-6,9,13H,7-8H2,1-4H3. The highest BCUT2D eigenvalue weighted by Crippen LogP contribution is 2.20. The third-order valence-electron chi connectivity index (χ3n) is 2.65. The SMILES string of the molecule is CC(=O)N(CCNS(=O)(=O)c1ccc(C)s1)C(C)C. The number of nitrogens with one attached hydrogen (secondary N) is 1. The highest BCUT2D eigenvalue weighted by atomic mass is 32.2. The first-order chi connectivity index (χ1) is 8.74. The monoisotopic (exact) mass is 304 g/mol. The van der Waals surface area contributed by atoms with E-state index in [1.165, 1.54) is 18.3 Å². The molecule has 1 N–H and O–H groups in total. The zero-order valence-corrected chi connectivity index (χ0v) is 13.3. The van der Waals surface area contributed by atoms with E-state index in [4.69, 9.17) is 0 Å². The van der Waals surface area contributed by atoms with Gasteiger partial charge in [0.1, 0.15) is 4.21 Å². The lowest BCUT2D eigenvalue weighted by Gasteiger charge is -2.25.